The lowest BCUT2D eigenvalue weighted by Crippen LogP contribution is -2.68. The molecule has 0 aliphatic heterocycles. The second kappa shape index (κ2) is 11.0. The van der Waals surface area contributed by atoms with Gasteiger partial charge in [0, 0.05) is 31.5 Å². The molecule has 3 unspecified atom stereocenters. The molecule has 30 heavy (non-hydrogen) atoms. The molecule has 1 aliphatic rings. The van der Waals surface area contributed by atoms with Crippen molar-refractivity contribution in [3.8, 4) is 0 Å². The second-order valence-corrected chi connectivity index (χ2v) is 9.51. The van der Waals surface area contributed by atoms with Crippen LogP contribution in [0, 0.1) is 11.8 Å². The van der Waals surface area contributed by atoms with E-state index in [1.807, 2.05) is 45.0 Å². The first-order valence-electron chi connectivity index (χ1n) is 10.5. The van der Waals surface area contributed by atoms with E-state index in [-0.39, 0.29) is 41.6 Å². The fraction of sp³-hybridized carbons (Fsp3) is 0.583. The highest BCUT2D eigenvalue weighted by Gasteiger charge is 2.50. The Morgan fingerprint density at radius 3 is 2.40 bits per heavy atom. The topological polar surface area (TPSA) is 61.4 Å². The smallest absolute Gasteiger partial charge is 0.246 e. The summed E-state index contributed by atoms with van der Waals surface area (Å²) in [5.41, 5.74) is -0.0650. The van der Waals surface area contributed by atoms with Gasteiger partial charge in [0.15, 0.2) is 0 Å². The van der Waals surface area contributed by atoms with E-state index < -0.39 is 5.54 Å². The van der Waals surface area contributed by atoms with Gasteiger partial charge >= 0.3 is 0 Å². The molecule has 1 aromatic rings. The molecule has 2 N–H and O–H groups in total. The van der Waals surface area contributed by atoms with Crippen molar-refractivity contribution in [2.45, 2.75) is 64.6 Å². The molecule has 2 amide bonds. The van der Waals surface area contributed by atoms with Gasteiger partial charge in [0.05, 0.1) is 0 Å². The van der Waals surface area contributed by atoms with Gasteiger partial charge < -0.3 is 15.5 Å². The van der Waals surface area contributed by atoms with Crippen molar-refractivity contribution in [3.63, 3.8) is 0 Å². The Hall–Kier alpha value is -1.85. The van der Waals surface area contributed by atoms with Crippen LogP contribution in [-0.4, -0.2) is 41.4 Å². The standard InChI is InChI=1S/C24H37N3O2.ClH/c1-7-19-13-14-21(17-27(6)16-20-11-9-8-10-12-20)24(15-19,25-18(2)28)22(29)26-23(3,4)5;/h7-12,19,21H,1,13-17H2,2-6H3,(H,25,28)(H,26,29);1H. The molecule has 1 saturated carbocycles. The number of amides is 2. The first-order valence-corrected chi connectivity index (χ1v) is 10.5. The Morgan fingerprint density at radius 2 is 1.87 bits per heavy atom. The predicted octanol–water partition coefficient (Wildman–Crippen LogP) is 3.93. The SMILES string of the molecule is C=CC1CCC(CN(C)Cc2ccccc2)C(NC(C)=O)(C(=O)NC(C)(C)C)C1.Cl. The monoisotopic (exact) mass is 435 g/mol. The van der Waals surface area contributed by atoms with Crippen molar-refractivity contribution in [2.75, 3.05) is 13.6 Å². The highest BCUT2D eigenvalue weighted by atomic mass is 35.5. The van der Waals surface area contributed by atoms with E-state index in [9.17, 15) is 9.59 Å². The Balaban J connectivity index is 0.00000450. The molecular weight excluding hydrogens is 398 g/mol. The van der Waals surface area contributed by atoms with Crippen LogP contribution in [0.1, 0.15) is 52.5 Å². The molecule has 0 heterocycles. The zero-order valence-electron chi connectivity index (χ0n) is 19.0. The summed E-state index contributed by atoms with van der Waals surface area (Å²) in [7, 11) is 2.08. The molecular formula is C24H38ClN3O2. The van der Waals surface area contributed by atoms with E-state index in [0.717, 1.165) is 25.9 Å². The van der Waals surface area contributed by atoms with Crippen LogP contribution < -0.4 is 10.6 Å². The summed E-state index contributed by atoms with van der Waals surface area (Å²) in [5.74, 6) is -0.0266. The van der Waals surface area contributed by atoms with Crippen molar-refractivity contribution in [1.29, 1.82) is 0 Å². The molecule has 0 bridgehead atoms. The van der Waals surface area contributed by atoms with Crippen LogP contribution in [0.2, 0.25) is 0 Å². The number of carbonyl (C=O) groups excluding carboxylic acids is 2. The van der Waals surface area contributed by atoms with Gasteiger partial charge in [0.25, 0.3) is 0 Å². The third-order valence-corrected chi connectivity index (χ3v) is 5.62. The summed E-state index contributed by atoms with van der Waals surface area (Å²) < 4.78 is 0. The lowest BCUT2D eigenvalue weighted by molar-refractivity contribution is -0.139. The summed E-state index contributed by atoms with van der Waals surface area (Å²) in [6.07, 6.45) is 4.36. The number of rotatable bonds is 7. The normalized spacial score (nSPS) is 23.9. The molecule has 3 atom stereocenters. The number of hydrogen-bond acceptors (Lipinski definition) is 3. The Labute approximate surface area is 188 Å². The van der Waals surface area contributed by atoms with Crippen molar-refractivity contribution < 1.29 is 9.59 Å². The predicted molar refractivity (Wildman–Crippen MR) is 125 cm³/mol. The average molecular weight is 436 g/mol. The average Bonchev–Trinajstić information content (AvgIpc) is 2.62. The third-order valence-electron chi connectivity index (χ3n) is 5.62. The highest BCUT2D eigenvalue weighted by Crippen LogP contribution is 2.39. The minimum atomic E-state index is -0.929. The molecule has 2 rings (SSSR count). The lowest BCUT2D eigenvalue weighted by Gasteiger charge is -2.47. The molecule has 168 valence electrons. The maximum atomic E-state index is 13.5. The molecule has 1 aliphatic carbocycles. The zero-order chi connectivity index (χ0) is 21.7. The molecule has 1 aromatic carbocycles. The quantitative estimate of drug-likeness (QED) is 0.638. The van der Waals surface area contributed by atoms with Gasteiger partial charge in [-0.05, 0) is 58.6 Å². The van der Waals surface area contributed by atoms with E-state index in [1.165, 1.54) is 12.5 Å². The van der Waals surface area contributed by atoms with Gasteiger partial charge in [-0.25, -0.2) is 0 Å². The minimum Gasteiger partial charge on any atom is -0.349 e. The molecule has 6 heteroatoms. The lowest BCUT2D eigenvalue weighted by atomic mass is 9.67. The zero-order valence-corrected chi connectivity index (χ0v) is 19.8. The number of nitrogens with zero attached hydrogens (tertiary/aromatic N) is 1. The van der Waals surface area contributed by atoms with E-state index in [2.05, 4.69) is 41.3 Å². The van der Waals surface area contributed by atoms with Crippen LogP contribution in [0.25, 0.3) is 0 Å². The van der Waals surface area contributed by atoms with Crippen LogP contribution >= 0.6 is 12.4 Å². The number of benzene rings is 1. The van der Waals surface area contributed by atoms with E-state index >= 15 is 0 Å². The number of nitrogens with one attached hydrogen (secondary N) is 2. The summed E-state index contributed by atoms with van der Waals surface area (Å²) in [6, 6.07) is 10.3. The van der Waals surface area contributed by atoms with Crippen LogP contribution in [0.4, 0.5) is 0 Å². The van der Waals surface area contributed by atoms with Gasteiger partial charge in [0.2, 0.25) is 11.8 Å². The fourth-order valence-corrected chi connectivity index (χ4v) is 4.38. The van der Waals surface area contributed by atoms with Crippen molar-refractivity contribution in [3.05, 3.63) is 48.6 Å². The Bertz CT molecular complexity index is 717. The van der Waals surface area contributed by atoms with E-state index in [0.29, 0.717) is 6.42 Å². The van der Waals surface area contributed by atoms with Crippen molar-refractivity contribution >= 4 is 24.2 Å². The maximum Gasteiger partial charge on any atom is 0.246 e. The molecule has 0 spiro atoms. The maximum absolute atomic E-state index is 13.5. The number of carbonyl (C=O) groups is 2. The van der Waals surface area contributed by atoms with Crippen LogP contribution in [0.15, 0.2) is 43.0 Å². The van der Waals surface area contributed by atoms with Gasteiger partial charge in [-0.2, -0.15) is 0 Å². The summed E-state index contributed by atoms with van der Waals surface area (Å²) in [5, 5.41) is 6.20. The highest BCUT2D eigenvalue weighted by molar-refractivity contribution is 5.92. The largest absolute Gasteiger partial charge is 0.349 e. The summed E-state index contributed by atoms with van der Waals surface area (Å²) in [6.45, 7) is 12.9. The van der Waals surface area contributed by atoms with Crippen LogP contribution in [-0.2, 0) is 16.1 Å². The Morgan fingerprint density at radius 1 is 1.23 bits per heavy atom. The Kier molecular flexibility index (Phi) is 9.57. The summed E-state index contributed by atoms with van der Waals surface area (Å²) >= 11 is 0. The van der Waals surface area contributed by atoms with Gasteiger partial charge in [-0.3, -0.25) is 9.59 Å². The molecule has 5 nitrogen and oxygen atoms in total. The number of hydrogen-bond donors (Lipinski definition) is 2. The van der Waals surface area contributed by atoms with Gasteiger partial charge in [-0.1, -0.05) is 36.4 Å². The minimum absolute atomic E-state index is 0. The molecule has 0 radical (unpaired) electrons. The van der Waals surface area contributed by atoms with Crippen molar-refractivity contribution in [2.24, 2.45) is 11.8 Å². The second-order valence-electron chi connectivity index (χ2n) is 9.51. The third kappa shape index (κ3) is 7.13. The number of halogens is 1. The fourth-order valence-electron chi connectivity index (χ4n) is 4.38. The molecule has 0 saturated heterocycles. The summed E-state index contributed by atoms with van der Waals surface area (Å²) in [4.78, 5) is 27.9. The molecule has 1 fully saturated rings. The van der Waals surface area contributed by atoms with Gasteiger partial charge in [-0.15, -0.1) is 19.0 Å². The molecule has 0 aromatic heterocycles. The number of allylic oxidation sites excluding steroid dienone is 1. The van der Waals surface area contributed by atoms with E-state index in [4.69, 9.17) is 0 Å². The first-order chi connectivity index (χ1) is 13.6. The van der Waals surface area contributed by atoms with E-state index in [1.54, 1.807) is 0 Å². The first kappa shape index (κ1) is 26.2. The van der Waals surface area contributed by atoms with Gasteiger partial charge in [0.1, 0.15) is 5.54 Å². The van der Waals surface area contributed by atoms with Crippen LogP contribution in [0.5, 0.6) is 0 Å². The van der Waals surface area contributed by atoms with Crippen molar-refractivity contribution in [1.82, 2.24) is 15.5 Å². The van der Waals surface area contributed by atoms with Crippen LogP contribution in [0.3, 0.4) is 0 Å².